The van der Waals surface area contributed by atoms with Gasteiger partial charge in [-0.25, -0.2) is 0 Å². The van der Waals surface area contributed by atoms with E-state index in [2.05, 4.69) is 10.3 Å². The fourth-order valence-corrected chi connectivity index (χ4v) is 2.80. The van der Waals surface area contributed by atoms with Gasteiger partial charge in [0.2, 0.25) is 0 Å². The summed E-state index contributed by atoms with van der Waals surface area (Å²) in [6.45, 7) is 3.78. The summed E-state index contributed by atoms with van der Waals surface area (Å²) >= 11 is 0. The van der Waals surface area contributed by atoms with Crippen molar-refractivity contribution in [1.82, 2.24) is 10.3 Å². The van der Waals surface area contributed by atoms with E-state index in [-0.39, 0.29) is 18.6 Å². The highest BCUT2D eigenvalue weighted by atomic mass is 16.5. The molecular formula is C21H22N2O3. The second kappa shape index (κ2) is 7.87. The Morgan fingerprint density at radius 3 is 2.65 bits per heavy atom. The minimum Gasteiger partial charge on any atom is -0.497 e. The third-order valence-corrected chi connectivity index (χ3v) is 4.14. The van der Waals surface area contributed by atoms with E-state index in [1.54, 1.807) is 7.11 Å². The van der Waals surface area contributed by atoms with Gasteiger partial charge in [-0.15, -0.1) is 0 Å². The molecule has 0 bridgehead atoms. The molecule has 1 heterocycles. The maximum atomic E-state index is 12.3. The average molecular weight is 350 g/mol. The summed E-state index contributed by atoms with van der Waals surface area (Å²) in [5.41, 5.74) is 2.69. The average Bonchev–Trinajstić information content (AvgIpc) is 2.66. The molecular weight excluding hydrogens is 328 g/mol. The zero-order valence-electron chi connectivity index (χ0n) is 15.2. The predicted molar refractivity (Wildman–Crippen MR) is 102 cm³/mol. The first-order valence-electron chi connectivity index (χ1n) is 8.49. The first-order valence-corrected chi connectivity index (χ1v) is 8.49. The van der Waals surface area contributed by atoms with Crippen LogP contribution in [0.5, 0.6) is 11.5 Å². The van der Waals surface area contributed by atoms with E-state index in [9.17, 15) is 4.79 Å². The third-order valence-electron chi connectivity index (χ3n) is 4.14. The van der Waals surface area contributed by atoms with Crippen molar-refractivity contribution in [3.05, 3.63) is 65.9 Å². The summed E-state index contributed by atoms with van der Waals surface area (Å²) in [5.74, 6) is 1.16. The lowest BCUT2D eigenvalue weighted by molar-refractivity contribution is -0.123. The molecule has 5 nitrogen and oxygen atoms in total. The molecule has 1 amide bonds. The molecule has 1 aromatic heterocycles. The van der Waals surface area contributed by atoms with E-state index in [1.807, 2.05) is 68.4 Å². The van der Waals surface area contributed by atoms with Gasteiger partial charge in [0.15, 0.2) is 6.61 Å². The summed E-state index contributed by atoms with van der Waals surface area (Å²) in [5, 5.41) is 3.77. The van der Waals surface area contributed by atoms with Crippen LogP contribution < -0.4 is 14.8 Å². The van der Waals surface area contributed by atoms with Crippen LogP contribution in [0.4, 0.5) is 0 Å². The number of pyridine rings is 1. The van der Waals surface area contributed by atoms with Crippen LogP contribution in [0.1, 0.15) is 24.2 Å². The number of rotatable bonds is 6. The number of aromatic nitrogens is 1. The van der Waals surface area contributed by atoms with Gasteiger partial charge in [0.05, 0.1) is 18.7 Å². The van der Waals surface area contributed by atoms with Gasteiger partial charge in [0.1, 0.15) is 11.5 Å². The van der Waals surface area contributed by atoms with Gasteiger partial charge in [-0.2, -0.15) is 0 Å². The normalized spacial score (nSPS) is 11.8. The van der Waals surface area contributed by atoms with E-state index in [1.165, 1.54) is 0 Å². The fraction of sp³-hybridized carbons (Fsp3) is 0.238. The van der Waals surface area contributed by atoms with Crippen molar-refractivity contribution in [3.8, 4) is 11.5 Å². The van der Waals surface area contributed by atoms with Crippen LogP contribution >= 0.6 is 0 Å². The third kappa shape index (κ3) is 4.11. The lowest BCUT2D eigenvalue weighted by Crippen LogP contribution is -2.31. The van der Waals surface area contributed by atoms with E-state index >= 15 is 0 Å². The zero-order valence-corrected chi connectivity index (χ0v) is 15.2. The summed E-state index contributed by atoms with van der Waals surface area (Å²) in [7, 11) is 1.61. The van der Waals surface area contributed by atoms with E-state index < -0.39 is 0 Å². The number of fused-ring (bicyclic) bond motifs is 1. The molecule has 1 N–H and O–H groups in total. The van der Waals surface area contributed by atoms with E-state index in [0.29, 0.717) is 5.75 Å². The molecule has 0 spiro atoms. The molecule has 1 unspecified atom stereocenters. The number of hydrogen-bond acceptors (Lipinski definition) is 4. The highest BCUT2D eigenvalue weighted by Gasteiger charge is 2.12. The highest BCUT2D eigenvalue weighted by molar-refractivity contribution is 5.87. The minimum absolute atomic E-state index is 0.0626. The van der Waals surface area contributed by atoms with Crippen LogP contribution in [0.3, 0.4) is 0 Å². The molecule has 0 radical (unpaired) electrons. The highest BCUT2D eigenvalue weighted by Crippen LogP contribution is 2.29. The molecule has 0 saturated heterocycles. The Hall–Kier alpha value is -3.08. The Kier molecular flexibility index (Phi) is 5.37. The topological polar surface area (TPSA) is 60.5 Å². The number of nitrogens with one attached hydrogen (secondary N) is 1. The van der Waals surface area contributed by atoms with E-state index in [4.69, 9.17) is 9.47 Å². The van der Waals surface area contributed by atoms with Crippen LogP contribution in [0.25, 0.3) is 10.9 Å². The van der Waals surface area contributed by atoms with Gasteiger partial charge in [-0.05, 0) is 37.6 Å². The Bertz CT molecular complexity index is 910. The summed E-state index contributed by atoms with van der Waals surface area (Å²) in [6.07, 6.45) is 0. The molecule has 3 rings (SSSR count). The van der Waals surface area contributed by atoms with Crippen molar-refractivity contribution < 1.29 is 14.3 Å². The minimum atomic E-state index is -0.174. The SMILES string of the molecule is COc1ccc2nc(C)cc(OCC(=O)NC(C)c3ccccc3)c2c1. The number of methoxy groups -OCH3 is 1. The zero-order chi connectivity index (χ0) is 18.5. The van der Waals surface area contributed by atoms with Crippen molar-refractivity contribution in [3.63, 3.8) is 0 Å². The molecule has 1 atom stereocenters. The fourth-order valence-electron chi connectivity index (χ4n) is 2.80. The Balaban J connectivity index is 1.71. The molecule has 3 aromatic rings. The van der Waals surface area contributed by atoms with Crippen LogP contribution in [-0.4, -0.2) is 24.6 Å². The lowest BCUT2D eigenvalue weighted by Gasteiger charge is -2.15. The second-order valence-electron chi connectivity index (χ2n) is 6.13. The monoisotopic (exact) mass is 350 g/mol. The number of carbonyl (C=O) groups is 1. The van der Waals surface area contributed by atoms with Crippen molar-refractivity contribution in [2.75, 3.05) is 13.7 Å². The molecule has 0 fully saturated rings. The van der Waals surface area contributed by atoms with Gasteiger partial charge in [0, 0.05) is 17.1 Å². The molecule has 0 aliphatic carbocycles. The number of aryl methyl sites for hydroxylation is 1. The van der Waals surface area contributed by atoms with Gasteiger partial charge >= 0.3 is 0 Å². The number of nitrogens with zero attached hydrogens (tertiary/aromatic N) is 1. The Labute approximate surface area is 153 Å². The van der Waals surface area contributed by atoms with E-state index in [0.717, 1.165) is 27.9 Å². The van der Waals surface area contributed by atoms with Crippen LogP contribution in [0.15, 0.2) is 54.6 Å². The number of carbonyl (C=O) groups excluding carboxylic acids is 1. The number of amides is 1. The number of ether oxygens (including phenoxy) is 2. The molecule has 0 aliphatic heterocycles. The van der Waals surface area contributed by atoms with Gasteiger partial charge in [-0.3, -0.25) is 9.78 Å². The standard InChI is InChI=1S/C21H22N2O3/c1-14-11-20(18-12-17(25-3)9-10-19(18)22-14)26-13-21(24)23-15(2)16-7-5-4-6-8-16/h4-12,15H,13H2,1-3H3,(H,23,24). The van der Waals surface area contributed by atoms with Crippen LogP contribution in [0, 0.1) is 6.92 Å². The predicted octanol–water partition coefficient (Wildman–Crippen LogP) is 3.81. The number of benzene rings is 2. The quantitative estimate of drug-likeness (QED) is 0.734. The Morgan fingerprint density at radius 2 is 1.92 bits per heavy atom. The van der Waals surface area contributed by atoms with Gasteiger partial charge in [0.25, 0.3) is 5.91 Å². The molecule has 5 heteroatoms. The molecule has 26 heavy (non-hydrogen) atoms. The first-order chi connectivity index (χ1) is 12.6. The second-order valence-corrected chi connectivity index (χ2v) is 6.13. The van der Waals surface area contributed by atoms with Crippen LogP contribution in [0.2, 0.25) is 0 Å². The van der Waals surface area contributed by atoms with Crippen LogP contribution in [-0.2, 0) is 4.79 Å². The smallest absolute Gasteiger partial charge is 0.258 e. The van der Waals surface area contributed by atoms with Crippen molar-refractivity contribution in [2.24, 2.45) is 0 Å². The van der Waals surface area contributed by atoms with Gasteiger partial charge in [-0.1, -0.05) is 30.3 Å². The molecule has 0 saturated carbocycles. The first kappa shape index (κ1) is 17.7. The summed E-state index contributed by atoms with van der Waals surface area (Å²) in [6, 6.07) is 17.2. The maximum absolute atomic E-state index is 12.3. The maximum Gasteiger partial charge on any atom is 0.258 e. The summed E-state index contributed by atoms with van der Waals surface area (Å²) in [4.78, 5) is 16.8. The van der Waals surface area contributed by atoms with Crippen molar-refractivity contribution in [1.29, 1.82) is 0 Å². The van der Waals surface area contributed by atoms with Gasteiger partial charge < -0.3 is 14.8 Å². The summed E-state index contributed by atoms with van der Waals surface area (Å²) < 4.78 is 11.1. The molecule has 134 valence electrons. The lowest BCUT2D eigenvalue weighted by atomic mass is 10.1. The van der Waals surface area contributed by atoms with Crippen molar-refractivity contribution in [2.45, 2.75) is 19.9 Å². The largest absolute Gasteiger partial charge is 0.497 e. The Morgan fingerprint density at radius 1 is 1.15 bits per heavy atom. The van der Waals surface area contributed by atoms with Crippen molar-refractivity contribution >= 4 is 16.8 Å². The number of hydrogen-bond donors (Lipinski definition) is 1. The molecule has 0 aliphatic rings. The molecule has 2 aromatic carbocycles.